The van der Waals surface area contributed by atoms with E-state index in [1.165, 1.54) is 18.2 Å². The molecule has 1 heterocycles. The van der Waals surface area contributed by atoms with Gasteiger partial charge in [0.05, 0.1) is 5.60 Å². The van der Waals surface area contributed by atoms with Crippen LogP contribution in [0.25, 0.3) is 0 Å². The summed E-state index contributed by atoms with van der Waals surface area (Å²) in [5.74, 6) is -0.479. The van der Waals surface area contributed by atoms with Crippen molar-refractivity contribution < 1.29 is 18.5 Å². The van der Waals surface area contributed by atoms with Gasteiger partial charge in [-0.05, 0) is 61.1 Å². The van der Waals surface area contributed by atoms with Crippen LogP contribution in [-0.4, -0.2) is 15.3 Å². The first-order valence-electron chi connectivity index (χ1n) is 9.24. The maximum Gasteiger partial charge on any atom is 0.354 e. The maximum absolute atomic E-state index is 14.0. The van der Waals surface area contributed by atoms with Gasteiger partial charge < -0.3 is 10.4 Å². The van der Waals surface area contributed by atoms with Crippen LogP contribution in [0.5, 0.6) is 0 Å². The number of benzene rings is 1. The molecule has 2 rings (SSSR count). The lowest BCUT2D eigenvalue weighted by Crippen LogP contribution is -2.18. The third-order valence-electron chi connectivity index (χ3n) is 4.33. The SMILES string of the molecule is CC(C)c1cc(F)cc(C(C)C)c1NC(=O)N=S(N)(=O)c1ccc(C(C)(C)O)s1.S. The van der Waals surface area contributed by atoms with E-state index in [4.69, 9.17) is 5.14 Å². The van der Waals surface area contributed by atoms with Crippen LogP contribution in [0.3, 0.4) is 0 Å². The molecule has 0 aliphatic heterocycles. The molecule has 6 nitrogen and oxygen atoms in total. The molecule has 1 aromatic heterocycles. The fraction of sp³-hybridized carbons (Fsp3) is 0.450. The number of rotatable bonds is 5. The molecule has 1 aromatic carbocycles. The predicted molar refractivity (Wildman–Crippen MR) is 127 cm³/mol. The van der Waals surface area contributed by atoms with Gasteiger partial charge in [0.15, 0.2) is 9.92 Å². The molecule has 168 valence electrons. The van der Waals surface area contributed by atoms with E-state index in [-0.39, 0.29) is 35.4 Å². The van der Waals surface area contributed by atoms with Crippen molar-refractivity contribution in [1.29, 1.82) is 0 Å². The molecule has 2 aromatic rings. The second-order valence-corrected chi connectivity index (χ2v) is 11.1. The first-order chi connectivity index (χ1) is 13.2. The van der Waals surface area contributed by atoms with Gasteiger partial charge in [-0.1, -0.05) is 27.7 Å². The zero-order chi connectivity index (χ0) is 22.1. The molecule has 0 bridgehead atoms. The monoisotopic (exact) mass is 475 g/mol. The highest BCUT2D eigenvalue weighted by molar-refractivity contribution is 7.93. The Labute approximate surface area is 188 Å². The molecule has 1 atom stereocenters. The number of anilines is 1. The molecule has 30 heavy (non-hydrogen) atoms. The second kappa shape index (κ2) is 9.78. The first-order valence-corrected chi connectivity index (χ1v) is 11.6. The molecule has 4 N–H and O–H groups in total. The summed E-state index contributed by atoms with van der Waals surface area (Å²) < 4.78 is 30.8. The molecule has 0 spiro atoms. The smallest absolute Gasteiger partial charge is 0.354 e. The molecule has 0 radical (unpaired) electrons. The highest BCUT2D eigenvalue weighted by Gasteiger charge is 2.23. The zero-order valence-electron chi connectivity index (χ0n) is 17.9. The lowest BCUT2D eigenvalue weighted by Gasteiger charge is -2.19. The third kappa shape index (κ3) is 6.27. The summed E-state index contributed by atoms with van der Waals surface area (Å²) in [7, 11) is -3.50. The van der Waals surface area contributed by atoms with Crippen molar-refractivity contribution in [3.8, 4) is 0 Å². The van der Waals surface area contributed by atoms with Crippen LogP contribution in [0.15, 0.2) is 32.8 Å². The summed E-state index contributed by atoms with van der Waals surface area (Å²) in [5, 5.41) is 18.6. The van der Waals surface area contributed by atoms with Gasteiger partial charge in [0.2, 0.25) is 0 Å². The zero-order valence-corrected chi connectivity index (χ0v) is 20.6. The van der Waals surface area contributed by atoms with Crippen molar-refractivity contribution in [2.45, 2.75) is 63.2 Å². The number of nitrogens with zero attached hydrogens (tertiary/aromatic N) is 1. The largest absolute Gasteiger partial charge is 0.385 e. The average molecular weight is 476 g/mol. The predicted octanol–water partition coefficient (Wildman–Crippen LogP) is 5.41. The van der Waals surface area contributed by atoms with E-state index in [1.807, 2.05) is 27.7 Å². The van der Waals surface area contributed by atoms with Crippen LogP contribution < -0.4 is 10.5 Å². The van der Waals surface area contributed by atoms with Crippen LogP contribution in [0.1, 0.15) is 69.4 Å². The number of aliphatic hydroxyl groups is 1. The number of halogens is 1. The van der Waals surface area contributed by atoms with Gasteiger partial charge >= 0.3 is 6.03 Å². The van der Waals surface area contributed by atoms with E-state index in [1.54, 1.807) is 19.9 Å². The number of hydrogen-bond acceptors (Lipinski definition) is 4. The highest BCUT2D eigenvalue weighted by atomic mass is 32.2. The fourth-order valence-electron chi connectivity index (χ4n) is 2.81. The second-order valence-electron chi connectivity index (χ2n) is 8.04. The van der Waals surface area contributed by atoms with Gasteiger partial charge in [-0.25, -0.2) is 18.5 Å². The van der Waals surface area contributed by atoms with Gasteiger partial charge in [0.25, 0.3) is 0 Å². The van der Waals surface area contributed by atoms with Crippen molar-refractivity contribution >= 4 is 46.5 Å². The minimum Gasteiger partial charge on any atom is -0.385 e. The van der Waals surface area contributed by atoms with Gasteiger partial charge in [-0.3, -0.25) is 0 Å². The Bertz CT molecular complexity index is 1000. The summed E-state index contributed by atoms with van der Waals surface area (Å²) in [4.78, 5) is 13.1. The summed E-state index contributed by atoms with van der Waals surface area (Å²) in [6, 6.07) is 4.98. The molecule has 0 saturated carbocycles. The number of amides is 2. The Kier molecular flexibility index (Phi) is 8.66. The Hall–Kier alpha value is -1.46. The lowest BCUT2D eigenvalue weighted by atomic mass is 9.92. The van der Waals surface area contributed by atoms with E-state index in [0.717, 1.165) is 11.3 Å². The molecule has 0 aliphatic rings. The number of thiophene rings is 1. The minimum absolute atomic E-state index is 0. The summed E-state index contributed by atoms with van der Waals surface area (Å²) in [5.41, 5.74) is 0.596. The normalized spacial score (nSPS) is 13.7. The molecule has 10 heteroatoms. The van der Waals surface area contributed by atoms with Crippen LogP contribution >= 0.6 is 24.8 Å². The number of carbonyl (C=O) groups excluding carboxylic acids is 1. The average Bonchev–Trinajstić information content (AvgIpc) is 3.06. The topological polar surface area (TPSA) is 105 Å². The summed E-state index contributed by atoms with van der Waals surface area (Å²) in [6.45, 7) is 10.8. The van der Waals surface area contributed by atoms with Gasteiger partial charge in [0.1, 0.15) is 10.0 Å². The number of carbonyl (C=O) groups is 1. The fourth-order valence-corrected chi connectivity index (χ4v) is 5.05. The van der Waals surface area contributed by atoms with Crippen molar-refractivity contribution in [2.24, 2.45) is 9.50 Å². The molecule has 0 fully saturated rings. The Balaban J connectivity index is 0.00000450. The Morgan fingerprint density at radius 1 is 1.20 bits per heavy atom. The summed E-state index contributed by atoms with van der Waals surface area (Å²) in [6.07, 6.45) is 0. The Morgan fingerprint density at radius 3 is 2.10 bits per heavy atom. The molecular formula is C20H30FN3O3S3. The van der Waals surface area contributed by atoms with Gasteiger partial charge in [-0.2, -0.15) is 13.5 Å². The van der Waals surface area contributed by atoms with Crippen LogP contribution in [0, 0.1) is 5.82 Å². The van der Waals surface area contributed by atoms with Crippen molar-refractivity contribution in [1.82, 2.24) is 0 Å². The van der Waals surface area contributed by atoms with Gasteiger partial charge in [0, 0.05) is 10.6 Å². The molecular weight excluding hydrogens is 445 g/mol. The molecule has 0 aliphatic carbocycles. The van der Waals surface area contributed by atoms with Crippen LogP contribution in [-0.2, 0) is 15.5 Å². The number of nitrogens with two attached hydrogens (primary N) is 1. The van der Waals surface area contributed by atoms with Crippen molar-refractivity contribution in [2.75, 3.05) is 5.32 Å². The molecule has 2 amide bonds. The van der Waals surface area contributed by atoms with Crippen LogP contribution in [0.2, 0.25) is 0 Å². The van der Waals surface area contributed by atoms with Crippen LogP contribution in [0.4, 0.5) is 14.9 Å². The quantitative estimate of drug-likeness (QED) is 0.539. The van der Waals surface area contributed by atoms with E-state index >= 15 is 0 Å². The van der Waals surface area contributed by atoms with Gasteiger partial charge in [-0.15, -0.1) is 15.7 Å². The van der Waals surface area contributed by atoms with E-state index in [0.29, 0.717) is 21.7 Å². The summed E-state index contributed by atoms with van der Waals surface area (Å²) >= 11 is 1.04. The lowest BCUT2D eigenvalue weighted by molar-refractivity contribution is 0.0825. The first kappa shape index (κ1) is 26.6. The standard InChI is InChI=1S/C20H28FN3O3S2.H2S/c1-11(2)14-9-13(21)10-15(12(3)4)18(14)23-19(25)24-29(22,27)17-8-7-16(28-17)20(5,6)26;/h7-12,26H,1-6H3,(H3,22,23,24,25,27);1H2. The Morgan fingerprint density at radius 2 is 1.70 bits per heavy atom. The van der Waals surface area contributed by atoms with E-state index in [9.17, 15) is 18.5 Å². The number of nitrogens with one attached hydrogen (secondary N) is 1. The molecule has 1 unspecified atom stereocenters. The van der Waals surface area contributed by atoms with E-state index in [2.05, 4.69) is 9.68 Å². The maximum atomic E-state index is 14.0. The van der Waals surface area contributed by atoms with Crippen molar-refractivity contribution in [3.63, 3.8) is 0 Å². The highest BCUT2D eigenvalue weighted by Crippen LogP contribution is 2.34. The van der Waals surface area contributed by atoms with Crippen molar-refractivity contribution in [3.05, 3.63) is 46.1 Å². The molecule has 0 saturated heterocycles. The third-order valence-corrected chi connectivity index (χ3v) is 7.64. The number of hydrogen-bond donors (Lipinski definition) is 3. The number of urea groups is 1. The minimum atomic E-state index is -3.50. The van der Waals surface area contributed by atoms with E-state index < -0.39 is 21.5 Å².